The smallest absolute Gasteiger partial charge is 0.254 e. The van der Waals surface area contributed by atoms with Crippen LogP contribution >= 0.6 is 11.3 Å². The molecule has 4 nitrogen and oxygen atoms in total. The van der Waals surface area contributed by atoms with Crippen molar-refractivity contribution in [3.05, 3.63) is 81.8 Å². The molecule has 0 aliphatic carbocycles. The van der Waals surface area contributed by atoms with E-state index in [0.29, 0.717) is 13.1 Å². The van der Waals surface area contributed by atoms with Gasteiger partial charge in [-0.2, -0.15) is 0 Å². The number of carbonyl (C=O) groups excluding carboxylic acids is 1. The number of hydrogen-bond donors (Lipinski definition) is 0. The van der Waals surface area contributed by atoms with Gasteiger partial charge in [-0.05, 0) is 61.7 Å². The Morgan fingerprint density at radius 3 is 2.68 bits per heavy atom. The largest absolute Gasteiger partial charge is 0.372 e. The lowest BCUT2D eigenvalue weighted by Crippen LogP contribution is -2.30. The fraction of sp³-hybridized carbons (Fsp3) is 0.304. The van der Waals surface area contributed by atoms with E-state index >= 15 is 0 Å². The Kier molecular flexibility index (Phi) is 5.72. The Hall–Kier alpha value is -2.66. The first-order valence-electron chi connectivity index (χ1n) is 9.77. The van der Waals surface area contributed by atoms with Crippen molar-refractivity contribution in [3.63, 3.8) is 0 Å². The zero-order valence-corrected chi connectivity index (χ0v) is 17.0. The molecule has 1 aromatic carbocycles. The van der Waals surface area contributed by atoms with Crippen molar-refractivity contribution in [1.82, 2.24) is 9.88 Å². The zero-order chi connectivity index (χ0) is 19.3. The highest BCUT2D eigenvalue weighted by Crippen LogP contribution is 2.24. The van der Waals surface area contributed by atoms with Gasteiger partial charge < -0.3 is 9.80 Å². The lowest BCUT2D eigenvalue weighted by molar-refractivity contribution is 0.0731. The summed E-state index contributed by atoms with van der Waals surface area (Å²) in [5, 5.41) is 0. The minimum absolute atomic E-state index is 0.0657. The molecule has 4 rings (SSSR count). The maximum atomic E-state index is 13.4. The lowest BCUT2D eigenvalue weighted by atomic mass is 10.1. The van der Waals surface area contributed by atoms with Gasteiger partial charge in [-0.3, -0.25) is 9.78 Å². The van der Waals surface area contributed by atoms with Crippen LogP contribution in [0.5, 0.6) is 0 Å². The lowest BCUT2D eigenvalue weighted by Gasteiger charge is -2.24. The number of carbonyl (C=O) groups is 1. The molecule has 28 heavy (non-hydrogen) atoms. The average molecular weight is 392 g/mol. The summed E-state index contributed by atoms with van der Waals surface area (Å²) in [5.41, 5.74) is 2.94. The SMILES string of the molecule is Cc1ccc(CN(Cc2cccnc2)C(=O)c2cccc(N3CCCC3)c2)s1. The predicted molar refractivity (Wildman–Crippen MR) is 115 cm³/mol. The predicted octanol–water partition coefficient (Wildman–Crippen LogP) is 4.89. The first-order chi connectivity index (χ1) is 13.7. The number of aromatic nitrogens is 1. The normalized spacial score (nSPS) is 13.7. The van der Waals surface area contributed by atoms with E-state index in [4.69, 9.17) is 0 Å². The molecule has 144 valence electrons. The summed E-state index contributed by atoms with van der Waals surface area (Å²) in [4.78, 5) is 24.4. The van der Waals surface area contributed by atoms with Crippen LogP contribution in [-0.4, -0.2) is 28.9 Å². The van der Waals surface area contributed by atoms with Gasteiger partial charge in [-0.15, -0.1) is 11.3 Å². The standard InChI is InChI=1S/C23H25N3OS/c1-18-9-10-22(28-18)17-26(16-19-6-5-11-24-15-19)23(27)20-7-4-8-21(14-20)25-12-2-3-13-25/h4-11,14-15H,2-3,12-13,16-17H2,1H3. The third-order valence-electron chi connectivity index (χ3n) is 5.09. The van der Waals surface area contributed by atoms with Crippen LogP contribution in [0.4, 0.5) is 5.69 Å². The Morgan fingerprint density at radius 1 is 1.11 bits per heavy atom. The Labute approximate surface area is 170 Å². The van der Waals surface area contributed by atoms with E-state index in [0.717, 1.165) is 29.9 Å². The van der Waals surface area contributed by atoms with Crippen LogP contribution in [0.25, 0.3) is 0 Å². The van der Waals surface area contributed by atoms with Crippen LogP contribution < -0.4 is 4.90 Å². The topological polar surface area (TPSA) is 36.4 Å². The first-order valence-corrected chi connectivity index (χ1v) is 10.6. The van der Waals surface area contributed by atoms with Crippen molar-refractivity contribution in [2.75, 3.05) is 18.0 Å². The Morgan fingerprint density at radius 2 is 1.96 bits per heavy atom. The quantitative estimate of drug-likeness (QED) is 0.600. The van der Waals surface area contributed by atoms with E-state index in [2.05, 4.69) is 35.0 Å². The molecule has 0 saturated carbocycles. The van der Waals surface area contributed by atoms with Crippen LogP contribution in [0.15, 0.2) is 60.9 Å². The molecule has 3 aromatic rings. The second-order valence-corrected chi connectivity index (χ2v) is 8.65. The van der Waals surface area contributed by atoms with Gasteiger partial charge in [-0.25, -0.2) is 0 Å². The molecule has 1 aliphatic heterocycles. The molecule has 2 aromatic heterocycles. The Balaban J connectivity index is 1.59. The highest BCUT2D eigenvalue weighted by Gasteiger charge is 2.20. The first kappa shape index (κ1) is 18.7. The molecular weight excluding hydrogens is 366 g/mol. The van der Waals surface area contributed by atoms with E-state index in [1.54, 1.807) is 17.5 Å². The van der Waals surface area contributed by atoms with Crippen molar-refractivity contribution >= 4 is 22.9 Å². The molecule has 0 atom stereocenters. The average Bonchev–Trinajstić information content (AvgIpc) is 3.40. The van der Waals surface area contributed by atoms with Gasteiger partial charge in [0.15, 0.2) is 0 Å². The van der Waals surface area contributed by atoms with Gasteiger partial charge in [-0.1, -0.05) is 12.1 Å². The summed E-state index contributed by atoms with van der Waals surface area (Å²) in [6, 6.07) is 16.2. The molecule has 1 aliphatic rings. The number of pyridine rings is 1. The molecule has 1 saturated heterocycles. The van der Waals surface area contributed by atoms with E-state index in [-0.39, 0.29) is 5.91 Å². The summed E-state index contributed by atoms with van der Waals surface area (Å²) in [7, 11) is 0. The van der Waals surface area contributed by atoms with Crippen LogP contribution in [-0.2, 0) is 13.1 Å². The zero-order valence-electron chi connectivity index (χ0n) is 16.2. The highest BCUT2D eigenvalue weighted by atomic mass is 32.1. The van der Waals surface area contributed by atoms with Crippen LogP contribution in [0, 0.1) is 6.92 Å². The summed E-state index contributed by atoms with van der Waals surface area (Å²) < 4.78 is 0. The fourth-order valence-electron chi connectivity index (χ4n) is 3.66. The van der Waals surface area contributed by atoms with Crippen molar-refractivity contribution < 1.29 is 4.79 Å². The van der Waals surface area contributed by atoms with Gasteiger partial charge in [0.25, 0.3) is 5.91 Å². The molecule has 1 amide bonds. The molecule has 0 radical (unpaired) electrons. The molecule has 0 unspecified atom stereocenters. The molecule has 0 bridgehead atoms. The number of rotatable bonds is 6. The number of benzene rings is 1. The summed E-state index contributed by atoms with van der Waals surface area (Å²) >= 11 is 1.75. The third-order valence-corrected chi connectivity index (χ3v) is 6.08. The second-order valence-electron chi connectivity index (χ2n) is 7.28. The van der Waals surface area contributed by atoms with Gasteiger partial charge >= 0.3 is 0 Å². The summed E-state index contributed by atoms with van der Waals surface area (Å²) in [5.74, 6) is 0.0657. The number of thiophene rings is 1. The number of nitrogens with zero attached hydrogens (tertiary/aromatic N) is 3. The number of hydrogen-bond acceptors (Lipinski definition) is 4. The van der Waals surface area contributed by atoms with Crippen molar-refractivity contribution in [2.24, 2.45) is 0 Å². The maximum Gasteiger partial charge on any atom is 0.254 e. The fourth-order valence-corrected chi connectivity index (χ4v) is 4.57. The van der Waals surface area contributed by atoms with Crippen LogP contribution in [0.3, 0.4) is 0 Å². The molecular formula is C23H25N3OS. The van der Waals surface area contributed by atoms with E-state index in [1.807, 2.05) is 41.4 Å². The maximum absolute atomic E-state index is 13.4. The Bertz CT molecular complexity index is 932. The molecule has 0 N–H and O–H groups in total. The minimum Gasteiger partial charge on any atom is -0.372 e. The molecule has 1 fully saturated rings. The van der Waals surface area contributed by atoms with E-state index in [9.17, 15) is 4.79 Å². The summed E-state index contributed by atoms with van der Waals surface area (Å²) in [6.07, 6.45) is 6.05. The molecule has 3 heterocycles. The monoisotopic (exact) mass is 391 g/mol. The van der Waals surface area contributed by atoms with Crippen LogP contribution in [0.2, 0.25) is 0 Å². The number of anilines is 1. The van der Waals surface area contributed by atoms with Crippen molar-refractivity contribution in [3.8, 4) is 0 Å². The number of amides is 1. The van der Waals surface area contributed by atoms with Gasteiger partial charge in [0.05, 0.1) is 6.54 Å². The summed E-state index contributed by atoms with van der Waals surface area (Å²) in [6.45, 7) is 5.41. The van der Waals surface area contributed by atoms with Gasteiger partial charge in [0.2, 0.25) is 0 Å². The van der Waals surface area contributed by atoms with Gasteiger partial charge in [0, 0.05) is 53.0 Å². The highest BCUT2D eigenvalue weighted by molar-refractivity contribution is 7.11. The molecule has 0 spiro atoms. The number of aryl methyl sites for hydroxylation is 1. The van der Waals surface area contributed by atoms with E-state index in [1.165, 1.54) is 22.6 Å². The van der Waals surface area contributed by atoms with Crippen molar-refractivity contribution in [1.29, 1.82) is 0 Å². The molecule has 5 heteroatoms. The van der Waals surface area contributed by atoms with Crippen LogP contribution in [0.1, 0.15) is 38.5 Å². The van der Waals surface area contributed by atoms with Gasteiger partial charge in [0.1, 0.15) is 0 Å². The van der Waals surface area contributed by atoms with E-state index < -0.39 is 0 Å². The minimum atomic E-state index is 0.0657. The second kappa shape index (κ2) is 8.57. The third kappa shape index (κ3) is 4.42. The van der Waals surface area contributed by atoms with Crippen molar-refractivity contribution in [2.45, 2.75) is 32.9 Å².